The van der Waals surface area contributed by atoms with Gasteiger partial charge in [-0.1, -0.05) is 54.6 Å². The Kier molecular flexibility index (Phi) is 4.96. The van der Waals surface area contributed by atoms with Crippen LogP contribution in [-0.4, -0.2) is 30.0 Å². The summed E-state index contributed by atoms with van der Waals surface area (Å²) in [7, 11) is 0. The van der Waals surface area contributed by atoms with Crippen molar-refractivity contribution in [3.8, 4) is 11.5 Å². The maximum Gasteiger partial charge on any atom is 0.279 e. The maximum atomic E-state index is 11.8. The van der Waals surface area contributed by atoms with Crippen LogP contribution in [0.4, 0.5) is 17.1 Å². The zero-order valence-electron chi connectivity index (χ0n) is 20.0. The molecule has 0 saturated heterocycles. The fourth-order valence-electron chi connectivity index (χ4n) is 5.43. The molecule has 0 fully saturated rings. The molecule has 2 heterocycles. The number of ether oxygens (including phenoxy) is 2. The van der Waals surface area contributed by atoms with Crippen LogP contribution in [0.25, 0.3) is 10.8 Å². The van der Waals surface area contributed by atoms with Crippen molar-refractivity contribution < 1.29 is 14.4 Å². The van der Waals surface area contributed by atoms with Gasteiger partial charge in [0.2, 0.25) is 5.72 Å². The van der Waals surface area contributed by atoms with Gasteiger partial charge in [-0.25, -0.2) is 0 Å². The largest absolute Gasteiger partial charge is 0.492 e. The minimum absolute atomic E-state index is 0.0168. The van der Waals surface area contributed by atoms with E-state index in [1.54, 1.807) is 18.3 Å². The van der Waals surface area contributed by atoms with Crippen LogP contribution in [0.15, 0.2) is 89.9 Å². The highest BCUT2D eigenvalue weighted by molar-refractivity contribution is 6.02. The Balaban J connectivity index is 1.46. The van der Waals surface area contributed by atoms with E-state index in [0.29, 0.717) is 35.4 Å². The molecule has 6 rings (SSSR count). The van der Waals surface area contributed by atoms with Crippen LogP contribution in [0, 0.1) is 10.1 Å². The molecule has 7 heteroatoms. The number of nitro benzene ring substituents is 1. The van der Waals surface area contributed by atoms with Crippen molar-refractivity contribution in [2.24, 2.45) is 4.99 Å². The second-order valence-corrected chi connectivity index (χ2v) is 9.56. The van der Waals surface area contributed by atoms with Gasteiger partial charge in [0.15, 0.2) is 5.75 Å². The van der Waals surface area contributed by atoms with Crippen LogP contribution < -0.4 is 14.4 Å². The fourth-order valence-corrected chi connectivity index (χ4v) is 5.43. The third-order valence-corrected chi connectivity index (χ3v) is 7.28. The molecule has 1 unspecified atom stereocenters. The summed E-state index contributed by atoms with van der Waals surface area (Å²) in [5.74, 6) is 1.36. The van der Waals surface area contributed by atoms with E-state index in [1.165, 1.54) is 6.07 Å². The van der Waals surface area contributed by atoms with E-state index in [9.17, 15) is 10.1 Å². The van der Waals surface area contributed by atoms with Gasteiger partial charge < -0.3 is 14.4 Å². The molecular weight excluding hydrogens is 454 g/mol. The number of benzene rings is 4. The highest BCUT2D eigenvalue weighted by atomic mass is 16.6. The Morgan fingerprint density at radius 1 is 0.972 bits per heavy atom. The summed E-state index contributed by atoms with van der Waals surface area (Å²) in [5, 5.41) is 13.0. The lowest BCUT2D eigenvalue weighted by Crippen LogP contribution is -2.63. The zero-order chi connectivity index (χ0) is 24.9. The summed E-state index contributed by atoms with van der Waals surface area (Å²) in [6.45, 7) is 5.30. The number of para-hydroxylation sites is 2. The molecule has 2 aliphatic heterocycles. The first-order valence-electron chi connectivity index (χ1n) is 11.9. The third-order valence-electron chi connectivity index (χ3n) is 7.28. The highest BCUT2D eigenvalue weighted by Crippen LogP contribution is 2.55. The molecule has 180 valence electrons. The number of nitrogens with zero attached hydrogens (tertiary/aromatic N) is 3. The van der Waals surface area contributed by atoms with Gasteiger partial charge in [-0.05, 0) is 43.7 Å². The van der Waals surface area contributed by atoms with Crippen molar-refractivity contribution in [2.45, 2.75) is 25.0 Å². The van der Waals surface area contributed by atoms with Crippen LogP contribution in [0.2, 0.25) is 0 Å². The van der Waals surface area contributed by atoms with Gasteiger partial charge >= 0.3 is 0 Å². The molecule has 0 amide bonds. The lowest BCUT2D eigenvalue weighted by molar-refractivity contribution is -0.383. The van der Waals surface area contributed by atoms with Gasteiger partial charge in [0, 0.05) is 17.1 Å². The number of fused-ring (bicyclic) bond motifs is 4. The predicted octanol–water partition coefficient (Wildman–Crippen LogP) is 6.42. The summed E-state index contributed by atoms with van der Waals surface area (Å²) in [4.78, 5) is 18.4. The quantitative estimate of drug-likeness (QED) is 0.244. The predicted molar refractivity (Wildman–Crippen MR) is 141 cm³/mol. The van der Waals surface area contributed by atoms with Crippen LogP contribution >= 0.6 is 0 Å². The van der Waals surface area contributed by atoms with Crippen LogP contribution in [0.5, 0.6) is 11.5 Å². The first-order chi connectivity index (χ1) is 17.4. The molecule has 7 nitrogen and oxygen atoms in total. The molecule has 4 aromatic rings. The summed E-state index contributed by atoms with van der Waals surface area (Å²) >= 11 is 0. The van der Waals surface area contributed by atoms with E-state index in [0.717, 1.165) is 17.0 Å². The maximum absolute atomic E-state index is 11.8. The smallest absolute Gasteiger partial charge is 0.279 e. The van der Waals surface area contributed by atoms with Gasteiger partial charge in [-0.3, -0.25) is 15.1 Å². The molecular formula is C29H25N3O4. The van der Waals surface area contributed by atoms with Gasteiger partial charge in [0.25, 0.3) is 5.69 Å². The molecule has 2 aliphatic rings. The third kappa shape index (κ3) is 3.16. The summed E-state index contributed by atoms with van der Waals surface area (Å²) in [6.07, 6.45) is 1.80. The Bertz CT molecular complexity index is 1520. The fraction of sp³-hybridized carbons (Fsp3) is 0.207. The molecule has 1 atom stereocenters. The average Bonchev–Trinajstić information content (AvgIpc) is 3.07. The number of rotatable bonds is 5. The van der Waals surface area contributed by atoms with E-state index >= 15 is 0 Å². The van der Waals surface area contributed by atoms with Gasteiger partial charge in [0.1, 0.15) is 18.0 Å². The molecule has 1 spiro atoms. The number of hydrogen-bond acceptors (Lipinski definition) is 6. The Morgan fingerprint density at radius 3 is 2.44 bits per heavy atom. The highest BCUT2D eigenvalue weighted by Gasteiger charge is 2.59. The Hall–Kier alpha value is -4.39. The monoisotopic (exact) mass is 479 g/mol. The Morgan fingerprint density at radius 2 is 1.67 bits per heavy atom. The van der Waals surface area contributed by atoms with Gasteiger partial charge in [0.05, 0.1) is 28.5 Å². The molecule has 0 bridgehead atoms. The molecule has 0 radical (unpaired) electrons. The average molecular weight is 480 g/mol. The molecule has 0 aliphatic carbocycles. The van der Waals surface area contributed by atoms with Crippen LogP contribution in [0.3, 0.4) is 0 Å². The van der Waals surface area contributed by atoms with Crippen molar-refractivity contribution in [2.75, 3.05) is 18.1 Å². The van der Waals surface area contributed by atoms with Crippen molar-refractivity contribution >= 4 is 34.0 Å². The van der Waals surface area contributed by atoms with E-state index < -0.39 is 11.1 Å². The number of aliphatic imine (C=N–C) groups is 1. The summed E-state index contributed by atoms with van der Waals surface area (Å²) in [6, 6.07) is 26.8. The van der Waals surface area contributed by atoms with E-state index in [-0.39, 0.29) is 10.6 Å². The van der Waals surface area contributed by atoms with E-state index in [4.69, 9.17) is 14.5 Å². The second kappa shape index (κ2) is 8.09. The van der Waals surface area contributed by atoms with Crippen molar-refractivity contribution in [3.05, 3.63) is 101 Å². The van der Waals surface area contributed by atoms with Crippen molar-refractivity contribution in [3.63, 3.8) is 0 Å². The first-order valence-corrected chi connectivity index (χ1v) is 11.9. The zero-order valence-corrected chi connectivity index (χ0v) is 20.0. The molecule has 36 heavy (non-hydrogen) atoms. The van der Waals surface area contributed by atoms with Crippen molar-refractivity contribution in [1.82, 2.24) is 0 Å². The summed E-state index contributed by atoms with van der Waals surface area (Å²) < 4.78 is 13.0. The van der Waals surface area contributed by atoms with E-state index in [2.05, 4.69) is 30.9 Å². The first kappa shape index (κ1) is 22.1. The molecule has 4 aromatic carbocycles. The topological polar surface area (TPSA) is 77.2 Å². The number of non-ortho nitro benzene ring substituents is 1. The summed E-state index contributed by atoms with van der Waals surface area (Å²) in [5.41, 5.74) is 1.26. The number of anilines is 1. The number of nitro groups is 1. The van der Waals surface area contributed by atoms with Gasteiger partial charge in [-0.15, -0.1) is 0 Å². The molecule has 0 N–H and O–H groups in total. The van der Waals surface area contributed by atoms with Gasteiger partial charge in [-0.2, -0.15) is 0 Å². The molecule has 0 saturated carbocycles. The van der Waals surface area contributed by atoms with E-state index in [1.807, 2.05) is 54.6 Å². The minimum atomic E-state index is -0.942. The minimum Gasteiger partial charge on any atom is -0.492 e. The standard InChI is InChI=1S/C29H25N3O4/c1-28(2)23-14-8-9-15-25(23)31(16-17-35-20-10-4-3-5-11-20)29(28)19-30-24-18-26(32(33)34)21-12-6-7-13-22(21)27(24)36-29/h3-15,18-19H,16-17H2,1-2H3. The number of hydrogen-bond donors (Lipinski definition) is 0. The Labute approximate surface area is 208 Å². The lowest BCUT2D eigenvalue weighted by Gasteiger charge is -2.46. The SMILES string of the molecule is CC1(C)c2ccccc2N(CCOc2ccccc2)C12C=Nc1cc([N+](=O)[O-])c3ccccc3c1O2. The normalized spacial score (nSPS) is 19.1. The lowest BCUT2D eigenvalue weighted by atomic mass is 9.77. The van der Waals surface area contributed by atoms with Crippen LogP contribution in [0.1, 0.15) is 19.4 Å². The second-order valence-electron chi connectivity index (χ2n) is 9.56. The molecule has 0 aromatic heterocycles. The van der Waals surface area contributed by atoms with Crippen LogP contribution in [-0.2, 0) is 5.41 Å². The van der Waals surface area contributed by atoms with Crippen molar-refractivity contribution in [1.29, 1.82) is 0 Å².